The van der Waals surface area contributed by atoms with Crippen molar-refractivity contribution in [2.24, 2.45) is 0 Å². The number of para-hydroxylation sites is 1. The minimum Gasteiger partial charge on any atom is -0.485 e. The first-order chi connectivity index (χ1) is 10.1. The van der Waals surface area contributed by atoms with Gasteiger partial charge >= 0.3 is 0 Å². The lowest BCUT2D eigenvalue weighted by Crippen LogP contribution is -2.05. The molecule has 0 atom stereocenters. The topological polar surface area (TPSA) is 87.0 Å². The fraction of sp³-hybridized carbons (Fsp3) is 0.125. The van der Waals surface area contributed by atoms with Crippen LogP contribution in [0.15, 0.2) is 42.5 Å². The van der Waals surface area contributed by atoms with Gasteiger partial charge < -0.3 is 16.2 Å². The van der Waals surface area contributed by atoms with Crippen LogP contribution < -0.4 is 16.2 Å². The summed E-state index contributed by atoms with van der Waals surface area (Å²) in [7, 11) is 0. The Labute approximate surface area is 122 Å². The molecule has 0 unspecified atom stereocenters. The van der Waals surface area contributed by atoms with Crippen molar-refractivity contribution in [1.29, 1.82) is 0 Å². The third-order valence-corrected chi connectivity index (χ3v) is 3.23. The zero-order valence-electron chi connectivity index (χ0n) is 11.7. The number of hydrogen-bond acceptors (Lipinski definition) is 5. The number of nitrogen functional groups attached to an aromatic ring is 2. The van der Waals surface area contributed by atoms with E-state index in [0.717, 1.165) is 22.2 Å². The summed E-state index contributed by atoms with van der Waals surface area (Å²) in [6.45, 7) is 2.21. The number of nitrogens with two attached hydrogens (primary N) is 2. The van der Waals surface area contributed by atoms with E-state index in [0.29, 0.717) is 17.3 Å². The highest BCUT2D eigenvalue weighted by Gasteiger charge is 2.06. The van der Waals surface area contributed by atoms with E-state index in [2.05, 4.69) is 9.97 Å². The highest BCUT2D eigenvalue weighted by Crippen LogP contribution is 2.22. The van der Waals surface area contributed by atoms with Gasteiger partial charge in [0.1, 0.15) is 18.2 Å². The molecule has 1 heterocycles. The fourth-order valence-corrected chi connectivity index (χ4v) is 2.19. The van der Waals surface area contributed by atoms with E-state index in [9.17, 15) is 0 Å². The predicted octanol–water partition coefficient (Wildman–Crippen LogP) is 2.68. The molecule has 0 saturated heterocycles. The summed E-state index contributed by atoms with van der Waals surface area (Å²) in [5.41, 5.74) is 14.2. The van der Waals surface area contributed by atoms with Crippen molar-refractivity contribution >= 4 is 22.4 Å². The maximum absolute atomic E-state index is 5.95. The van der Waals surface area contributed by atoms with Crippen LogP contribution in [-0.4, -0.2) is 9.97 Å². The molecule has 0 spiro atoms. The molecule has 0 aliphatic rings. The highest BCUT2D eigenvalue weighted by atomic mass is 16.5. The predicted molar refractivity (Wildman–Crippen MR) is 83.9 cm³/mol. The summed E-state index contributed by atoms with van der Waals surface area (Å²) >= 11 is 0. The van der Waals surface area contributed by atoms with Crippen LogP contribution in [0.5, 0.6) is 5.75 Å². The normalized spacial score (nSPS) is 10.7. The lowest BCUT2D eigenvalue weighted by Gasteiger charge is -2.10. The Balaban J connectivity index is 1.85. The number of anilines is 2. The summed E-state index contributed by atoms with van der Waals surface area (Å²) < 4.78 is 5.75. The number of aromatic nitrogens is 2. The maximum Gasteiger partial charge on any atom is 0.168 e. The van der Waals surface area contributed by atoms with Crippen LogP contribution >= 0.6 is 0 Å². The zero-order chi connectivity index (χ0) is 14.8. The quantitative estimate of drug-likeness (QED) is 0.720. The monoisotopic (exact) mass is 280 g/mol. The van der Waals surface area contributed by atoms with Gasteiger partial charge in [0.2, 0.25) is 0 Å². The largest absolute Gasteiger partial charge is 0.485 e. The molecular formula is C16H16N4O. The number of fused-ring (bicyclic) bond motifs is 1. The van der Waals surface area contributed by atoms with Crippen molar-refractivity contribution in [2.75, 3.05) is 11.5 Å². The molecule has 5 heteroatoms. The first kappa shape index (κ1) is 13.2. The van der Waals surface area contributed by atoms with Gasteiger partial charge in [-0.3, -0.25) is 0 Å². The van der Waals surface area contributed by atoms with Crippen LogP contribution in [-0.2, 0) is 6.61 Å². The minimum absolute atomic E-state index is 0.264. The van der Waals surface area contributed by atoms with E-state index < -0.39 is 0 Å². The summed E-state index contributed by atoms with van der Waals surface area (Å²) in [5, 5.41) is 0.852. The van der Waals surface area contributed by atoms with E-state index in [1.165, 1.54) is 0 Å². The van der Waals surface area contributed by atoms with E-state index in [1.54, 1.807) is 6.07 Å². The first-order valence-electron chi connectivity index (χ1n) is 6.63. The second-order valence-corrected chi connectivity index (χ2v) is 4.86. The van der Waals surface area contributed by atoms with Gasteiger partial charge in [-0.25, -0.2) is 9.97 Å². The summed E-state index contributed by atoms with van der Waals surface area (Å²) in [4.78, 5) is 8.74. The molecule has 3 aromatic rings. The number of aryl methyl sites for hydroxylation is 1. The molecule has 2 aromatic carbocycles. The maximum atomic E-state index is 5.95. The van der Waals surface area contributed by atoms with Crippen LogP contribution in [0.4, 0.5) is 11.5 Å². The van der Waals surface area contributed by atoms with Gasteiger partial charge in [0, 0.05) is 11.1 Å². The summed E-state index contributed by atoms with van der Waals surface area (Å²) in [5.74, 6) is 1.79. The van der Waals surface area contributed by atoms with Crippen LogP contribution in [0, 0.1) is 6.92 Å². The Kier molecular flexibility index (Phi) is 3.31. The van der Waals surface area contributed by atoms with E-state index in [-0.39, 0.29) is 6.61 Å². The molecule has 3 rings (SSSR count). The molecule has 5 nitrogen and oxygen atoms in total. The first-order valence-corrected chi connectivity index (χ1v) is 6.63. The Hall–Kier alpha value is -2.82. The van der Waals surface area contributed by atoms with Crippen molar-refractivity contribution in [1.82, 2.24) is 9.97 Å². The molecule has 0 amide bonds. The molecule has 0 aliphatic heterocycles. The molecule has 1 aromatic heterocycles. The van der Waals surface area contributed by atoms with Crippen molar-refractivity contribution in [3.63, 3.8) is 0 Å². The van der Waals surface area contributed by atoms with E-state index >= 15 is 0 Å². The summed E-state index contributed by atoms with van der Waals surface area (Å²) in [6, 6.07) is 13.2. The minimum atomic E-state index is 0.264. The molecule has 0 bridgehead atoms. The molecule has 0 radical (unpaired) electrons. The van der Waals surface area contributed by atoms with E-state index in [1.807, 2.05) is 43.3 Å². The standard InChI is InChI=1S/C16H16N4O/c1-10-8-11(17)6-7-14(10)21-9-15-19-13-5-3-2-4-12(13)16(18)20-15/h2-8H,9,17H2,1H3,(H2,18,19,20). The molecule has 21 heavy (non-hydrogen) atoms. The van der Waals surface area contributed by atoms with Crippen LogP contribution in [0.1, 0.15) is 11.4 Å². The number of benzene rings is 2. The third-order valence-electron chi connectivity index (χ3n) is 3.23. The van der Waals surface area contributed by atoms with Gasteiger partial charge in [0.15, 0.2) is 5.82 Å². The smallest absolute Gasteiger partial charge is 0.168 e. The third kappa shape index (κ3) is 2.72. The van der Waals surface area contributed by atoms with Crippen LogP contribution in [0.25, 0.3) is 10.9 Å². The molecular weight excluding hydrogens is 264 g/mol. The lowest BCUT2D eigenvalue weighted by atomic mass is 10.2. The number of nitrogens with zero attached hydrogens (tertiary/aromatic N) is 2. The van der Waals surface area contributed by atoms with Gasteiger partial charge in [-0.15, -0.1) is 0 Å². The van der Waals surface area contributed by atoms with Crippen LogP contribution in [0.3, 0.4) is 0 Å². The molecule has 4 N–H and O–H groups in total. The molecule has 0 saturated carbocycles. The van der Waals surface area contributed by atoms with E-state index in [4.69, 9.17) is 16.2 Å². The molecule has 0 aliphatic carbocycles. The second-order valence-electron chi connectivity index (χ2n) is 4.86. The Morgan fingerprint density at radius 3 is 2.67 bits per heavy atom. The summed E-state index contributed by atoms with van der Waals surface area (Å²) in [6.07, 6.45) is 0. The molecule has 0 fully saturated rings. The number of hydrogen-bond donors (Lipinski definition) is 2. The zero-order valence-corrected chi connectivity index (χ0v) is 11.7. The average Bonchev–Trinajstić information content (AvgIpc) is 2.46. The van der Waals surface area contributed by atoms with Gasteiger partial charge in [0.05, 0.1) is 5.52 Å². The average molecular weight is 280 g/mol. The fourth-order valence-electron chi connectivity index (χ4n) is 2.19. The van der Waals surface area contributed by atoms with Gasteiger partial charge in [-0.2, -0.15) is 0 Å². The Morgan fingerprint density at radius 2 is 1.86 bits per heavy atom. The SMILES string of the molecule is Cc1cc(N)ccc1OCc1nc(N)c2ccccc2n1. The van der Waals surface area contributed by atoms with Crippen molar-refractivity contribution in [3.8, 4) is 5.75 Å². The van der Waals surface area contributed by atoms with Gasteiger partial charge in [0.25, 0.3) is 0 Å². The number of rotatable bonds is 3. The van der Waals surface area contributed by atoms with Crippen molar-refractivity contribution in [3.05, 3.63) is 53.9 Å². The molecule has 106 valence electrons. The lowest BCUT2D eigenvalue weighted by molar-refractivity contribution is 0.294. The van der Waals surface area contributed by atoms with Crippen molar-refractivity contribution in [2.45, 2.75) is 13.5 Å². The second kappa shape index (κ2) is 5.28. The highest BCUT2D eigenvalue weighted by molar-refractivity contribution is 5.87. The Morgan fingerprint density at radius 1 is 1.05 bits per heavy atom. The Bertz CT molecular complexity index is 801. The number of ether oxygens (including phenoxy) is 1. The van der Waals surface area contributed by atoms with Crippen LogP contribution in [0.2, 0.25) is 0 Å². The van der Waals surface area contributed by atoms with Gasteiger partial charge in [-0.05, 0) is 42.8 Å². The van der Waals surface area contributed by atoms with Crippen molar-refractivity contribution < 1.29 is 4.74 Å². The van der Waals surface area contributed by atoms with Gasteiger partial charge in [-0.1, -0.05) is 12.1 Å².